The van der Waals surface area contributed by atoms with Gasteiger partial charge in [0.05, 0.1) is 14.8 Å². The van der Waals surface area contributed by atoms with Crippen molar-refractivity contribution in [1.29, 1.82) is 0 Å². The van der Waals surface area contributed by atoms with E-state index >= 15 is 0 Å². The van der Waals surface area contributed by atoms with Crippen LogP contribution in [0, 0.1) is 0 Å². The Bertz CT molecular complexity index is 1250. The van der Waals surface area contributed by atoms with Gasteiger partial charge in [-0.1, -0.05) is 18.5 Å². The summed E-state index contributed by atoms with van der Waals surface area (Å²) in [5, 5.41) is 2.68. The highest BCUT2D eigenvalue weighted by Crippen LogP contribution is 2.27. The van der Waals surface area contributed by atoms with Crippen LogP contribution in [0.15, 0.2) is 52.3 Å². The van der Waals surface area contributed by atoms with Gasteiger partial charge >= 0.3 is 0 Å². The number of nitrogens with zero attached hydrogens (tertiary/aromatic N) is 2. The van der Waals surface area contributed by atoms with E-state index in [1.165, 1.54) is 46.8 Å². The number of hydrogen-bond acceptors (Lipinski definition) is 7. The molecule has 13 heteroatoms. The maximum absolute atomic E-state index is 12.8. The molecule has 0 radical (unpaired) electrons. The number of nitrogens with one attached hydrogen (secondary N) is 2. The van der Waals surface area contributed by atoms with Crippen molar-refractivity contribution in [1.82, 2.24) is 13.9 Å². The molecule has 1 amide bonds. The molecule has 2 aromatic rings. The average molecular weight is 545 g/mol. The predicted molar refractivity (Wildman–Crippen MR) is 134 cm³/mol. The monoisotopic (exact) mass is 544 g/mol. The summed E-state index contributed by atoms with van der Waals surface area (Å²) in [5.74, 6) is -0.332. The van der Waals surface area contributed by atoms with Gasteiger partial charge in [0.25, 0.3) is 5.91 Å². The lowest BCUT2D eigenvalue weighted by atomic mass is 10.3. The van der Waals surface area contributed by atoms with Crippen molar-refractivity contribution in [2.75, 3.05) is 51.7 Å². The zero-order valence-corrected chi connectivity index (χ0v) is 21.9. The average Bonchev–Trinajstić information content (AvgIpc) is 2.82. The molecule has 1 heterocycles. The highest BCUT2D eigenvalue weighted by Gasteiger charge is 2.27. The summed E-state index contributed by atoms with van der Waals surface area (Å²) in [7, 11) is -5.32. The van der Waals surface area contributed by atoms with Gasteiger partial charge in [0.1, 0.15) is 5.75 Å². The molecule has 3 rings (SSSR count). The fourth-order valence-corrected chi connectivity index (χ4v) is 6.20. The van der Waals surface area contributed by atoms with Crippen molar-refractivity contribution in [2.45, 2.75) is 23.1 Å². The van der Waals surface area contributed by atoms with Gasteiger partial charge in [-0.3, -0.25) is 4.79 Å². The van der Waals surface area contributed by atoms with E-state index in [1.54, 1.807) is 0 Å². The summed E-state index contributed by atoms with van der Waals surface area (Å²) in [6, 6.07) is 9.91. The van der Waals surface area contributed by atoms with Crippen LogP contribution in [0.2, 0.25) is 5.02 Å². The Labute approximate surface area is 211 Å². The Hall–Kier alpha value is -2.22. The van der Waals surface area contributed by atoms with E-state index in [0.717, 1.165) is 0 Å². The van der Waals surface area contributed by atoms with Crippen LogP contribution in [0.4, 0.5) is 5.69 Å². The number of rotatable bonds is 10. The molecule has 0 spiro atoms. The minimum absolute atomic E-state index is 0.000586. The highest BCUT2D eigenvalue weighted by molar-refractivity contribution is 7.89. The number of hydrogen-bond donors (Lipinski definition) is 2. The number of anilines is 1. The highest BCUT2D eigenvalue weighted by atomic mass is 35.5. The molecule has 1 aliphatic rings. The van der Waals surface area contributed by atoms with Crippen LogP contribution < -0.4 is 14.8 Å². The third kappa shape index (κ3) is 7.15. The van der Waals surface area contributed by atoms with Crippen LogP contribution in [-0.4, -0.2) is 78.3 Å². The van der Waals surface area contributed by atoms with Gasteiger partial charge in [-0.2, -0.15) is 4.31 Å². The maximum Gasteiger partial charge on any atom is 0.262 e. The molecule has 0 aliphatic carbocycles. The van der Waals surface area contributed by atoms with Crippen LogP contribution in [-0.2, 0) is 24.8 Å². The molecular weight excluding hydrogens is 516 g/mol. The second-order valence-electron chi connectivity index (χ2n) is 8.06. The first-order valence-electron chi connectivity index (χ1n) is 11.0. The number of amides is 1. The van der Waals surface area contributed by atoms with Gasteiger partial charge in [0, 0.05) is 38.4 Å². The van der Waals surface area contributed by atoms with Gasteiger partial charge in [0.15, 0.2) is 6.61 Å². The molecule has 10 nitrogen and oxygen atoms in total. The van der Waals surface area contributed by atoms with E-state index in [1.807, 2.05) is 14.0 Å². The molecule has 1 fully saturated rings. The Morgan fingerprint density at radius 1 is 1.00 bits per heavy atom. The summed E-state index contributed by atoms with van der Waals surface area (Å²) in [4.78, 5) is 14.5. The molecule has 0 aromatic heterocycles. The zero-order chi connectivity index (χ0) is 25.6. The molecule has 192 valence electrons. The molecule has 0 unspecified atom stereocenters. The van der Waals surface area contributed by atoms with Crippen molar-refractivity contribution in [3.8, 4) is 5.75 Å². The standard InChI is InChI=1S/C22H29ClN4O6S2/c1-3-10-24-34(29,30)19-8-9-21(20(23)15-19)33-16-22(28)25-17-4-6-18(7-5-17)35(31,32)27-13-11-26(2)12-14-27/h4-9,15,24H,3,10-14,16H2,1-2H3,(H,25,28). The molecular formula is C22H29ClN4O6S2. The lowest BCUT2D eigenvalue weighted by Crippen LogP contribution is -2.46. The smallest absolute Gasteiger partial charge is 0.262 e. The zero-order valence-electron chi connectivity index (χ0n) is 19.5. The molecule has 2 N–H and O–H groups in total. The quantitative estimate of drug-likeness (QED) is 0.468. The Balaban J connectivity index is 1.56. The lowest BCUT2D eigenvalue weighted by Gasteiger charge is -2.31. The fourth-order valence-electron chi connectivity index (χ4n) is 3.31. The molecule has 1 saturated heterocycles. The first-order valence-corrected chi connectivity index (χ1v) is 14.3. The van der Waals surface area contributed by atoms with Gasteiger partial charge in [-0.15, -0.1) is 0 Å². The molecule has 0 atom stereocenters. The van der Waals surface area contributed by atoms with Gasteiger partial charge < -0.3 is 15.0 Å². The van der Waals surface area contributed by atoms with Crippen molar-refractivity contribution in [3.05, 3.63) is 47.5 Å². The number of carbonyl (C=O) groups excluding carboxylic acids is 1. The summed E-state index contributed by atoms with van der Waals surface area (Å²) in [6.45, 7) is 3.99. The number of benzene rings is 2. The number of ether oxygens (including phenoxy) is 1. The minimum atomic E-state index is -3.67. The first-order chi connectivity index (χ1) is 16.5. The number of halogens is 1. The first kappa shape index (κ1) is 27.4. The van der Waals surface area contributed by atoms with Crippen molar-refractivity contribution in [3.63, 3.8) is 0 Å². The summed E-state index contributed by atoms with van der Waals surface area (Å²) >= 11 is 6.13. The normalized spacial score (nSPS) is 15.6. The largest absolute Gasteiger partial charge is 0.482 e. The lowest BCUT2D eigenvalue weighted by molar-refractivity contribution is -0.118. The van der Waals surface area contributed by atoms with E-state index < -0.39 is 26.0 Å². The molecule has 2 aromatic carbocycles. The molecule has 1 aliphatic heterocycles. The maximum atomic E-state index is 12.8. The molecule has 0 saturated carbocycles. The summed E-state index contributed by atoms with van der Waals surface area (Å²) in [6.07, 6.45) is 0.651. The second kappa shape index (κ2) is 11.7. The fraction of sp³-hybridized carbons (Fsp3) is 0.409. The predicted octanol–water partition coefficient (Wildman–Crippen LogP) is 1.98. The van der Waals surface area contributed by atoms with Crippen LogP contribution in [0.1, 0.15) is 13.3 Å². The van der Waals surface area contributed by atoms with E-state index in [2.05, 4.69) is 14.9 Å². The van der Waals surface area contributed by atoms with Crippen LogP contribution in [0.3, 0.4) is 0 Å². The Morgan fingerprint density at radius 2 is 1.63 bits per heavy atom. The second-order valence-corrected chi connectivity index (χ2v) is 12.2. The van der Waals surface area contributed by atoms with E-state index in [9.17, 15) is 21.6 Å². The number of piperazine rings is 1. The van der Waals surface area contributed by atoms with Gasteiger partial charge in [0.2, 0.25) is 20.0 Å². The summed E-state index contributed by atoms with van der Waals surface area (Å²) < 4.78 is 59.3. The topological polar surface area (TPSA) is 125 Å². The third-order valence-electron chi connectivity index (χ3n) is 5.35. The van der Waals surface area contributed by atoms with Crippen LogP contribution >= 0.6 is 11.6 Å². The van der Waals surface area contributed by atoms with Crippen molar-refractivity contribution >= 4 is 43.2 Å². The number of sulfonamides is 2. The number of carbonyl (C=O) groups is 1. The van der Waals surface area contributed by atoms with Crippen LogP contribution in [0.5, 0.6) is 5.75 Å². The van der Waals surface area contributed by atoms with Crippen molar-refractivity contribution in [2.24, 2.45) is 0 Å². The summed E-state index contributed by atoms with van der Waals surface area (Å²) in [5.41, 5.74) is 0.408. The van der Waals surface area contributed by atoms with Gasteiger partial charge in [-0.05, 0) is 55.9 Å². The van der Waals surface area contributed by atoms with Gasteiger partial charge in [-0.25, -0.2) is 21.6 Å². The van der Waals surface area contributed by atoms with E-state index in [-0.39, 0.29) is 27.2 Å². The minimum Gasteiger partial charge on any atom is -0.482 e. The Kier molecular flexibility index (Phi) is 9.13. The molecule has 0 bridgehead atoms. The molecule has 35 heavy (non-hydrogen) atoms. The Morgan fingerprint density at radius 3 is 2.23 bits per heavy atom. The van der Waals surface area contributed by atoms with E-state index in [0.29, 0.717) is 44.8 Å². The van der Waals surface area contributed by atoms with Crippen LogP contribution in [0.25, 0.3) is 0 Å². The number of likely N-dealkylation sites (N-methyl/N-ethyl adjacent to an activating group) is 1. The van der Waals surface area contributed by atoms with E-state index in [4.69, 9.17) is 16.3 Å². The third-order valence-corrected chi connectivity index (χ3v) is 9.02. The van der Waals surface area contributed by atoms with Crippen molar-refractivity contribution < 1.29 is 26.4 Å². The SMILES string of the molecule is CCCNS(=O)(=O)c1ccc(OCC(=O)Nc2ccc(S(=O)(=O)N3CCN(C)CC3)cc2)c(Cl)c1.